The van der Waals surface area contributed by atoms with E-state index in [1.807, 2.05) is 0 Å². The molecule has 0 aromatic rings. The maximum absolute atomic E-state index is 9.56. The second-order valence-corrected chi connectivity index (χ2v) is 1.93. The Kier molecular flexibility index (Phi) is 21.8. The number of rotatable bonds is 2. The molecule has 0 aliphatic heterocycles. The summed E-state index contributed by atoms with van der Waals surface area (Å²) in [6, 6.07) is 0. The van der Waals surface area contributed by atoms with E-state index in [0.29, 0.717) is 0 Å². The van der Waals surface area contributed by atoms with E-state index in [4.69, 9.17) is 4.55 Å². The van der Waals surface area contributed by atoms with E-state index in [1.165, 1.54) is 6.92 Å². The Labute approximate surface area is 78.5 Å². The van der Waals surface area contributed by atoms with Gasteiger partial charge in [0.25, 0.3) is 0 Å². The van der Waals surface area contributed by atoms with Crippen LogP contribution in [-0.2, 0) is 14.6 Å². The highest BCUT2D eigenvalue weighted by atomic mass is 35.5. The highest BCUT2D eigenvalue weighted by molar-refractivity contribution is 7.80. The van der Waals surface area contributed by atoms with Gasteiger partial charge in [-0.05, 0) is 6.92 Å². The summed E-state index contributed by atoms with van der Waals surface area (Å²) >= 11 is 0. The van der Waals surface area contributed by atoms with Crippen LogP contribution in [0, 0.1) is 0 Å². The Bertz CT molecular complexity index is 131. The van der Waals surface area contributed by atoms with Crippen LogP contribution in [0.4, 0.5) is 0 Å². The first-order valence-corrected chi connectivity index (χ1v) is 3.04. The third-order valence-corrected chi connectivity index (χ3v) is 0.800. The second kappa shape index (κ2) is 9.74. The molecule has 0 radical (unpaired) electrons. The normalized spacial score (nSPS) is 8.20. The van der Waals surface area contributed by atoms with Gasteiger partial charge in [0.05, 0.1) is 6.61 Å². The molecule has 0 aliphatic carbocycles. The Morgan fingerprint density at radius 2 is 1.60 bits per heavy atom. The fourth-order valence-electron chi connectivity index (χ4n) is 0.149. The molecule has 0 amide bonds. The van der Waals surface area contributed by atoms with Crippen molar-refractivity contribution in [2.75, 3.05) is 6.61 Å². The van der Waals surface area contributed by atoms with Crippen molar-refractivity contribution in [1.29, 1.82) is 0 Å². The van der Waals surface area contributed by atoms with E-state index in [2.05, 4.69) is 4.18 Å². The fraction of sp³-hybridized carbons (Fsp3) is 1.00. The maximum atomic E-state index is 9.56. The minimum absolute atomic E-state index is 0. The van der Waals surface area contributed by atoms with Gasteiger partial charge < -0.3 is 0 Å². The number of hydrogen-bond acceptors (Lipinski definition) is 3. The zero-order valence-electron chi connectivity index (χ0n) is 5.01. The largest absolute Gasteiger partial charge is 0.397 e. The first-order valence-electron chi connectivity index (χ1n) is 1.68. The molecule has 8 heteroatoms. The molecular formula is C2H9Cl3O4S. The average Bonchev–Trinajstić information content (AvgIpc) is 1.30. The van der Waals surface area contributed by atoms with Crippen molar-refractivity contribution >= 4 is 47.6 Å². The van der Waals surface area contributed by atoms with Crippen LogP contribution in [-0.4, -0.2) is 19.6 Å². The molecule has 0 spiro atoms. The first-order chi connectivity index (χ1) is 3.06. The molecule has 0 aliphatic rings. The lowest BCUT2D eigenvalue weighted by molar-refractivity contribution is 0.283. The van der Waals surface area contributed by atoms with Gasteiger partial charge in [0, 0.05) is 0 Å². The molecule has 0 aromatic heterocycles. The van der Waals surface area contributed by atoms with Gasteiger partial charge in [-0.1, -0.05) is 0 Å². The number of hydrogen-bond donors (Lipinski definition) is 1. The second-order valence-electron chi connectivity index (χ2n) is 0.834. The molecule has 0 fully saturated rings. The van der Waals surface area contributed by atoms with Crippen LogP contribution in [0.15, 0.2) is 0 Å². The van der Waals surface area contributed by atoms with Crippen molar-refractivity contribution < 1.29 is 17.2 Å². The molecule has 0 rings (SSSR count). The molecule has 1 N–H and O–H groups in total. The summed E-state index contributed by atoms with van der Waals surface area (Å²) < 4.78 is 30.7. The quantitative estimate of drug-likeness (QED) is 0.728. The Morgan fingerprint density at radius 3 is 1.60 bits per heavy atom. The average molecular weight is 236 g/mol. The summed E-state index contributed by atoms with van der Waals surface area (Å²) in [5.74, 6) is 0. The molecule has 0 atom stereocenters. The zero-order chi connectivity index (χ0) is 5.91. The minimum atomic E-state index is -4.17. The minimum Gasteiger partial charge on any atom is -0.264 e. The first kappa shape index (κ1) is 22.4. The summed E-state index contributed by atoms with van der Waals surface area (Å²) in [7, 11) is -4.17. The van der Waals surface area contributed by atoms with Crippen molar-refractivity contribution in [3.05, 3.63) is 0 Å². The molecule has 0 bridgehead atoms. The van der Waals surface area contributed by atoms with Gasteiger partial charge in [-0.25, -0.2) is 4.18 Å². The summed E-state index contributed by atoms with van der Waals surface area (Å²) in [5, 5.41) is 0. The van der Waals surface area contributed by atoms with Gasteiger partial charge in [0.2, 0.25) is 0 Å². The summed E-state index contributed by atoms with van der Waals surface area (Å²) in [6.07, 6.45) is 0. The predicted octanol–water partition coefficient (Wildman–Crippen LogP) is 1.09. The van der Waals surface area contributed by atoms with E-state index in [-0.39, 0.29) is 43.8 Å². The molecule has 10 heavy (non-hydrogen) atoms. The number of halogens is 3. The SMILES string of the molecule is CCOS(=O)(=O)O.Cl.Cl.Cl. The fourth-order valence-corrected chi connectivity index (χ4v) is 0.447. The standard InChI is InChI=1S/C2H6O4S.3ClH/c1-2-6-7(3,4)5;;;/h2H2,1H3,(H,3,4,5);3*1H. The summed E-state index contributed by atoms with van der Waals surface area (Å²) in [5.41, 5.74) is 0. The van der Waals surface area contributed by atoms with Gasteiger partial charge in [-0.15, -0.1) is 37.2 Å². The van der Waals surface area contributed by atoms with Crippen molar-refractivity contribution in [1.82, 2.24) is 0 Å². The van der Waals surface area contributed by atoms with Gasteiger partial charge in [0.1, 0.15) is 0 Å². The molecule has 0 aromatic carbocycles. The van der Waals surface area contributed by atoms with E-state index in [0.717, 1.165) is 0 Å². The van der Waals surface area contributed by atoms with Crippen LogP contribution in [0.25, 0.3) is 0 Å². The Morgan fingerprint density at radius 1 is 1.30 bits per heavy atom. The van der Waals surface area contributed by atoms with Crippen LogP contribution in [0.3, 0.4) is 0 Å². The maximum Gasteiger partial charge on any atom is 0.397 e. The lowest BCUT2D eigenvalue weighted by atomic mass is 10.9. The highest BCUT2D eigenvalue weighted by Gasteiger charge is 1.98. The van der Waals surface area contributed by atoms with E-state index in [9.17, 15) is 8.42 Å². The monoisotopic (exact) mass is 234 g/mol. The van der Waals surface area contributed by atoms with E-state index in [1.54, 1.807) is 0 Å². The molecule has 68 valence electrons. The van der Waals surface area contributed by atoms with E-state index < -0.39 is 10.4 Å². The Balaban J connectivity index is -0.0000000600. The molecule has 0 unspecified atom stereocenters. The van der Waals surface area contributed by atoms with Crippen LogP contribution in [0.1, 0.15) is 6.92 Å². The van der Waals surface area contributed by atoms with Crippen molar-refractivity contribution in [3.63, 3.8) is 0 Å². The van der Waals surface area contributed by atoms with Crippen LogP contribution >= 0.6 is 37.2 Å². The van der Waals surface area contributed by atoms with Crippen LogP contribution in [0.5, 0.6) is 0 Å². The third kappa shape index (κ3) is 23.3. The van der Waals surface area contributed by atoms with Crippen LogP contribution in [0.2, 0.25) is 0 Å². The molecule has 0 saturated heterocycles. The highest BCUT2D eigenvalue weighted by Crippen LogP contribution is 1.81. The lowest BCUT2D eigenvalue weighted by Gasteiger charge is -1.88. The van der Waals surface area contributed by atoms with Gasteiger partial charge >= 0.3 is 10.4 Å². The molecule has 0 saturated carbocycles. The van der Waals surface area contributed by atoms with Crippen LogP contribution < -0.4 is 0 Å². The van der Waals surface area contributed by atoms with Gasteiger partial charge in [0.15, 0.2) is 0 Å². The summed E-state index contributed by atoms with van der Waals surface area (Å²) in [4.78, 5) is 0. The predicted molar refractivity (Wildman–Crippen MR) is 44.9 cm³/mol. The van der Waals surface area contributed by atoms with Gasteiger partial charge in [-0.2, -0.15) is 8.42 Å². The molecule has 0 heterocycles. The third-order valence-electron chi connectivity index (χ3n) is 0.267. The molecule has 4 nitrogen and oxygen atoms in total. The smallest absolute Gasteiger partial charge is 0.264 e. The van der Waals surface area contributed by atoms with Crippen molar-refractivity contribution in [2.24, 2.45) is 0 Å². The Hall–Kier alpha value is 0.740. The van der Waals surface area contributed by atoms with Gasteiger partial charge in [-0.3, -0.25) is 4.55 Å². The zero-order valence-corrected chi connectivity index (χ0v) is 8.28. The topological polar surface area (TPSA) is 63.6 Å². The van der Waals surface area contributed by atoms with Crippen molar-refractivity contribution in [3.8, 4) is 0 Å². The molecular weight excluding hydrogens is 226 g/mol. The van der Waals surface area contributed by atoms with E-state index >= 15 is 0 Å². The summed E-state index contributed by atoms with van der Waals surface area (Å²) in [6.45, 7) is 1.44. The lowest BCUT2D eigenvalue weighted by Crippen LogP contribution is -2.01. The van der Waals surface area contributed by atoms with Crippen molar-refractivity contribution in [2.45, 2.75) is 6.92 Å².